The molecule has 146 valence electrons. The second-order valence-electron chi connectivity index (χ2n) is 6.16. The maximum absolute atomic E-state index is 12.6. The highest BCUT2D eigenvalue weighted by Gasteiger charge is 2.37. The Morgan fingerprint density at radius 3 is 2.67 bits per heavy atom. The lowest BCUT2D eigenvalue weighted by atomic mass is 10.1. The van der Waals surface area contributed by atoms with Crippen molar-refractivity contribution in [1.29, 1.82) is 0 Å². The standard InChI is InChI=1S/C19H23NO6S/c1-5-25-17-13(7-6-8-14(17)24-4)9-15-18(22)20(19(23)27-15)10-16(21)26-11-12(2)3/h6-9,12H,5,10-11H2,1-4H3/b15-9+. The van der Waals surface area contributed by atoms with E-state index in [4.69, 9.17) is 14.2 Å². The van der Waals surface area contributed by atoms with Crippen molar-refractivity contribution in [3.05, 3.63) is 28.7 Å². The van der Waals surface area contributed by atoms with Gasteiger partial charge in [0, 0.05) is 5.56 Å². The Labute approximate surface area is 162 Å². The van der Waals surface area contributed by atoms with Crippen LogP contribution < -0.4 is 9.47 Å². The van der Waals surface area contributed by atoms with Crippen molar-refractivity contribution in [2.75, 3.05) is 26.9 Å². The third kappa shape index (κ3) is 5.26. The van der Waals surface area contributed by atoms with E-state index in [9.17, 15) is 14.4 Å². The predicted octanol–water partition coefficient (Wildman–Crippen LogP) is 3.33. The zero-order valence-electron chi connectivity index (χ0n) is 15.8. The predicted molar refractivity (Wildman–Crippen MR) is 103 cm³/mol. The van der Waals surface area contributed by atoms with E-state index < -0.39 is 23.7 Å². The molecule has 1 aromatic rings. The van der Waals surface area contributed by atoms with Crippen LogP contribution in [0.4, 0.5) is 4.79 Å². The van der Waals surface area contributed by atoms with Crippen LogP contribution in [0.5, 0.6) is 11.5 Å². The lowest BCUT2D eigenvalue weighted by Gasteiger charge is -2.13. The second-order valence-corrected chi connectivity index (χ2v) is 7.15. The molecule has 0 aromatic heterocycles. The summed E-state index contributed by atoms with van der Waals surface area (Å²) in [6.07, 6.45) is 1.57. The topological polar surface area (TPSA) is 82.1 Å². The maximum Gasteiger partial charge on any atom is 0.326 e. The zero-order chi connectivity index (χ0) is 20.0. The van der Waals surface area contributed by atoms with Gasteiger partial charge in [0.2, 0.25) is 0 Å². The van der Waals surface area contributed by atoms with Crippen LogP contribution >= 0.6 is 11.8 Å². The van der Waals surface area contributed by atoms with E-state index in [-0.39, 0.29) is 17.4 Å². The summed E-state index contributed by atoms with van der Waals surface area (Å²) in [5, 5.41) is -0.506. The van der Waals surface area contributed by atoms with E-state index in [0.717, 1.165) is 16.7 Å². The molecule has 1 fully saturated rings. The minimum absolute atomic E-state index is 0.175. The second kappa shape index (κ2) is 9.45. The van der Waals surface area contributed by atoms with Gasteiger partial charge in [0.25, 0.3) is 11.1 Å². The third-order valence-corrected chi connectivity index (χ3v) is 4.45. The van der Waals surface area contributed by atoms with E-state index in [1.54, 1.807) is 24.3 Å². The third-order valence-electron chi connectivity index (χ3n) is 3.54. The molecule has 0 aliphatic carbocycles. The van der Waals surface area contributed by atoms with E-state index in [0.29, 0.717) is 23.7 Å². The summed E-state index contributed by atoms with van der Waals surface area (Å²) >= 11 is 0.778. The fraction of sp³-hybridized carbons (Fsp3) is 0.421. The van der Waals surface area contributed by atoms with E-state index >= 15 is 0 Å². The number of amides is 2. The number of methoxy groups -OCH3 is 1. The summed E-state index contributed by atoms with van der Waals surface area (Å²) in [6.45, 7) is 5.91. The Bertz CT molecular complexity index is 759. The minimum atomic E-state index is -0.608. The van der Waals surface area contributed by atoms with Crippen molar-refractivity contribution in [3.63, 3.8) is 0 Å². The Kier molecular flexibility index (Phi) is 7.29. The van der Waals surface area contributed by atoms with E-state index in [1.807, 2.05) is 20.8 Å². The van der Waals surface area contributed by atoms with Gasteiger partial charge < -0.3 is 14.2 Å². The first-order valence-electron chi connectivity index (χ1n) is 8.58. The molecule has 8 heteroatoms. The lowest BCUT2D eigenvalue weighted by Crippen LogP contribution is -2.34. The van der Waals surface area contributed by atoms with Crippen LogP contribution in [0.2, 0.25) is 0 Å². The van der Waals surface area contributed by atoms with Crippen LogP contribution in [0.1, 0.15) is 26.3 Å². The molecule has 0 N–H and O–H groups in total. The molecule has 2 amide bonds. The Hall–Kier alpha value is -2.48. The van der Waals surface area contributed by atoms with Gasteiger partial charge in [0.15, 0.2) is 11.5 Å². The monoisotopic (exact) mass is 393 g/mol. The van der Waals surface area contributed by atoms with Gasteiger partial charge in [-0.2, -0.15) is 0 Å². The summed E-state index contributed by atoms with van der Waals surface area (Å²) in [5.41, 5.74) is 0.615. The number of carbonyl (C=O) groups excluding carboxylic acids is 3. The number of benzene rings is 1. The summed E-state index contributed by atoms with van der Waals surface area (Å²) in [7, 11) is 1.53. The van der Waals surface area contributed by atoms with Crippen molar-refractivity contribution in [3.8, 4) is 11.5 Å². The minimum Gasteiger partial charge on any atom is -0.493 e. The van der Waals surface area contributed by atoms with Gasteiger partial charge in [-0.25, -0.2) is 0 Å². The molecule has 0 radical (unpaired) electrons. The number of thioether (sulfide) groups is 1. The number of nitrogens with zero attached hydrogens (tertiary/aromatic N) is 1. The molecule has 1 aliphatic rings. The first kappa shape index (κ1) is 20.8. The summed E-state index contributed by atoms with van der Waals surface area (Å²) in [4.78, 5) is 37.7. The van der Waals surface area contributed by atoms with Crippen LogP contribution in [0, 0.1) is 5.92 Å². The van der Waals surface area contributed by atoms with Crippen molar-refractivity contribution >= 4 is 35.0 Å². The Balaban J connectivity index is 2.20. The quantitative estimate of drug-likeness (QED) is 0.495. The highest BCUT2D eigenvalue weighted by molar-refractivity contribution is 8.18. The van der Waals surface area contributed by atoms with Crippen molar-refractivity contribution in [1.82, 2.24) is 4.90 Å². The van der Waals surface area contributed by atoms with Gasteiger partial charge in [-0.05, 0) is 36.7 Å². The molecule has 0 saturated carbocycles. The first-order chi connectivity index (χ1) is 12.9. The van der Waals surface area contributed by atoms with E-state index in [1.165, 1.54) is 7.11 Å². The molecule has 1 heterocycles. The molecule has 7 nitrogen and oxygen atoms in total. The van der Waals surface area contributed by atoms with Crippen molar-refractivity contribution in [2.24, 2.45) is 5.92 Å². The number of esters is 1. The zero-order valence-corrected chi connectivity index (χ0v) is 16.6. The van der Waals surface area contributed by atoms with Crippen LogP contribution in [0.3, 0.4) is 0 Å². The molecule has 27 heavy (non-hydrogen) atoms. The molecule has 2 rings (SSSR count). The van der Waals surface area contributed by atoms with Gasteiger partial charge in [-0.1, -0.05) is 26.0 Å². The van der Waals surface area contributed by atoms with Crippen molar-refractivity contribution in [2.45, 2.75) is 20.8 Å². The molecular formula is C19H23NO6S. The molecule has 0 bridgehead atoms. The number of para-hydroxylation sites is 1. The van der Waals surface area contributed by atoms with Gasteiger partial charge >= 0.3 is 5.97 Å². The molecule has 1 aliphatic heterocycles. The SMILES string of the molecule is CCOc1c(/C=C2/SC(=O)N(CC(=O)OCC(C)C)C2=O)cccc1OC. The highest BCUT2D eigenvalue weighted by Crippen LogP contribution is 2.37. The van der Waals surface area contributed by atoms with Gasteiger partial charge in [-0.15, -0.1) is 0 Å². The van der Waals surface area contributed by atoms with Crippen LogP contribution in [0.25, 0.3) is 6.08 Å². The van der Waals surface area contributed by atoms with Crippen LogP contribution in [0.15, 0.2) is 23.1 Å². The van der Waals surface area contributed by atoms with E-state index in [2.05, 4.69) is 0 Å². The molecule has 0 spiro atoms. The van der Waals surface area contributed by atoms with Crippen LogP contribution in [-0.4, -0.2) is 48.9 Å². The number of hydrogen-bond donors (Lipinski definition) is 0. The van der Waals surface area contributed by atoms with Gasteiger partial charge in [0.1, 0.15) is 6.54 Å². The largest absolute Gasteiger partial charge is 0.493 e. The fourth-order valence-electron chi connectivity index (χ4n) is 2.32. The summed E-state index contributed by atoms with van der Waals surface area (Å²) in [6, 6.07) is 5.28. The number of rotatable bonds is 8. The maximum atomic E-state index is 12.6. The molecule has 0 unspecified atom stereocenters. The molecule has 1 saturated heterocycles. The van der Waals surface area contributed by atoms with Gasteiger partial charge in [0.05, 0.1) is 25.2 Å². The fourth-order valence-corrected chi connectivity index (χ4v) is 3.15. The number of imide groups is 1. The molecular weight excluding hydrogens is 370 g/mol. The van der Waals surface area contributed by atoms with Gasteiger partial charge in [-0.3, -0.25) is 19.3 Å². The first-order valence-corrected chi connectivity index (χ1v) is 9.39. The highest BCUT2D eigenvalue weighted by atomic mass is 32.2. The van der Waals surface area contributed by atoms with Crippen LogP contribution in [-0.2, 0) is 14.3 Å². The molecule has 1 aromatic carbocycles. The summed E-state index contributed by atoms with van der Waals surface area (Å²) in [5.74, 6) is 0.0574. The number of hydrogen-bond acceptors (Lipinski definition) is 7. The number of ether oxygens (including phenoxy) is 3. The average Bonchev–Trinajstić information content (AvgIpc) is 2.89. The Morgan fingerprint density at radius 2 is 2.04 bits per heavy atom. The summed E-state index contributed by atoms with van der Waals surface area (Å²) < 4.78 is 15.9. The smallest absolute Gasteiger partial charge is 0.326 e. The normalized spacial score (nSPS) is 15.6. The molecule has 0 atom stereocenters. The lowest BCUT2D eigenvalue weighted by molar-refractivity contribution is -0.147. The average molecular weight is 393 g/mol. The Morgan fingerprint density at radius 1 is 1.30 bits per heavy atom. The van der Waals surface area contributed by atoms with Crippen molar-refractivity contribution < 1.29 is 28.6 Å². The number of carbonyl (C=O) groups is 3.